The maximum Gasteiger partial charge on any atom is 0.0613 e. The fourth-order valence-corrected chi connectivity index (χ4v) is 9.03. The molecule has 0 heterocycles. The summed E-state index contributed by atoms with van der Waals surface area (Å²) in [6.07, 6.45) is 18.4. The van der Waals surface area contributed by atoms with Crippen LogP contribution in [0.2, 0.25) is 0 Å². The minimum atomic E-state index is 0.413. The van der Waals surface area contributed by atoms with E-state index in [1.807, 2.05) is 0 Å². The van der Waals surface area contributed by atoms with Gasteiger partial charge >= 0.3 is 0 Å². The molecule has 0 aromatic carbocycles. The van der Waals surface area contributed by atoms with Crippen molar-refractivity contribution in [3.63, 3.8) is 0 Å². The zero-order chi connectivity index (χ0) is 22.2. The molecule has 2 N–H and O–H groups in total. The van der Waals surface area contributed by atoms with Crippen LogP contribution in [0.25, 0.3) is 0 Å². The summed E-state index contributed by atoms with van der Waals surface area (Å²) < 4.78 is 6.07. The van der Waals surface area contributed by atoms with E-state index in [1.54, 1.807) is 5.57 Å². The van der Waals surface area contributed by atoms with Gasteiger partial charge in [-0.15, -0.1) is 0 Å². The summed E-state index contributed by atoms with van der Waals surface area (Å²) in [4.78, 5) is 0. The van der Waals surface area contributed by atoms with Gasteiger partial charge in [-0.25, -0.2) is 0 Å². The minimum Gasteiger partial charge on any atom is -0.377 e. The molecular formula is C29H51NO. The predicted molar refractivity (Wildman–Crippen MR) is 132 cm³/mol. The summed E-state index contributed by atoms with van der Waals surface area (Å²) in [7, 11) is 0. The lowest BCUT2D eigenvalue weighted by atomic mass is 9.47. The Kier molecular flexibility index (Phi) is 7.29. The molecule has 3 saturated carbocycles. The summed E-state index contributed by atoms with van der Waals surface area (Å²) in [5.74, 6) is 5.53. The van der Waals surface area contributed by atoms with Gasteiger partial charge in [-0.1, -0.05) is 65.5 Å². The molecule has 178 valence electrons. The van der Waals surface area contributed by atoms with E-state index in [-0.39, 0.29) is 0 Å². The van der Waals surface area contributed by atoms with Crippen LogP contribution in [0.15, 0.2) is 11.6 Å². The smallest absolute Gasteiger partial charge is 0.0613 e. The summed E-state index contributed by atoms with van der Waals surface area (Å²) in [6, 6.07) is 0. The molecule has 4 unspecified atom stereocenters. The highest BCUT2D eigenvalue weighted by atomic mass is 16.5. The lowest BCUT2D eigenvalue weighted by Crippen LogP contribution is -2.51. The highest BCUT2D eigenvalue weighted by molar-refractivity contribution is 5.25. The minimum absolute atomic E-state index is 0.413. The molecular weight excluding hydrogens is 378 g/mol. The second-order valence-corrected chi connectivity index (χ2v) is 12.8. The lowest BCUT2D eigenvalue weighted by Gasteiger charge is -2.58. The fourth-order valence-electron chi connectivity index (χ4n) is 9.03. The van der Waals surface area contributed by atoms with Gasteiger partial charge in [0.25, 0.3) is 0 Å². The fraction of sp³-hybridized carbons (Fsp3) is 0.931. The summed E-state index contributed by atoms with van der Waals surface area (Å²) >= 11 is 0. The van der Waals surface area contributed by atoms with Crippen LogP contribution in [0.3, 0.4) is 0 Å². The van der Waals surface area contributed by atoms with Gasteiger partial charge in [0.1, 0.15) is 0 Å². The largest absolute Gasteiger partial charge is 0.377 e. The van der Waals surface area contributed by atoms with E-state index >= 15 is 0 Å². The third-order valence-corrected chi connectivity index (χ3v) is 10.7. The molecule has 8 atom stereocenters. The summed E-state index contributed by atoms with van der Waals surface area (Å²) in [6.45, 7) is 14.0. The van der Waals surface area contributed by atoms with Gasteiger partial charge in [0, 0.05) is 6.54 Å². The van der Waals surface area contributed by atoms with Crippen molar-refractivity contribution in [2.45, 2.75) is 111 Å². The molecule has 0 aromatic heterocycles. The molecule has 0 saturated heterocycles. The molecule has 0 spiro atoms. The van der Waals surface area contributed by atoms with Crippen LogP contribution < -0.4 is 5.73 Å². The van der Waals surface area contributed by atoms with Crippen LogP contribution >= 0.6 is 0 Å². The van der Waals surface area contributed by atoms with Gasteiger partial charge in [-0.3, -0.25) is 0 Å². The molecule has 0 amide bonds. The van der Waals surface area contributed by atoms with Gasteiger partial charge in [-0.2, -0.15) is 0 Å². The van der Waals surface area contributed by atoms with Gasteiger partial charge in [0.05, 0.1) is 12.7 Å². The van der Waals surface area contributed by atoms with Crippen molar-refractivity contribution in [3.05, 3.63) is 11.6 Å². The normalized spacial score (nSPS) is 43.2. The third-order valence-electron chi connectivity index (χ3n) is 10.7. The molecule has 31 heavy (non-hydrogen) atoms. The highest BCUT2D eigenvalue weighted by Crippen LogP contribution is 2.67. The first kappa shape index (κ1) is 23.8. The standard InChI is InChI=1S/C29H51NO/c1-20(2)7-6-8-21(3)25-11-12-26-24-10-9-22-19-23(31-18-17-30)13-15-28(22,4)27(24)14-16-29(25,26)5/h9,20-21,23-27H,6-8,10-19,30H2,1-5H3/t21-,23+,24?,25?,26?,27?,28+,29-/m1/s1. The molecule has 0 bridgehead atoms. The van der Waals surface area contributed by atoms with E-state index in [1.165, 1.54) is 64.2 Å². The first-order chi connectivity index (χ1) is 14.8. The van der Waals surface area contributed by atoms with Gasteiger partial charge < -0.3 is 10.5 Å². The van der Waals surface area contributed by atoms with Crippen LogP contribution in [-0.2, 0) is 4.74 Å². The number of nitrogens with two attached hydrogens (primary N) is 1. The van der Waals surface area contributed by atoms with E-state index < -0.39 is 0 Å². The van der Waals surface area contributed by atoms with Gasteiger partial charge in [0.2, 0.25) is 0 Å². The van der Waals surface area contributed by atoms with E-state index in [9.17, 15) is 0 Å². The molecule has 4 rings (SSSR count). The monoisotopic (exact) mass is 429 g/mol. The van der Waals surface area contributed by atoms with E-state index in [0.29, 0.717) is 23.5 Å². The number of hydrogen-bond donors (Lipinski definition) is 1. The van der Waals surface area contributed by atoms with Crippen molar-refractivity contribution in [1.82, 2.24) is 0 Å². The Bertz CT molecular complexity index is 641. The molecule has 0 radical (unpaired) electrons. The first-order valence-electron chi connectivity index (χ1n) is 13.8. The molecule has 0 aromatic rings. The first-order valence-corrected chi connectivity index (χ1v) is 13.8. The lowest BCUT2D eigenvalue weighted by molar-refractivity contribution is -0.0634. The predicted octanol–water partition coefficient (Wildman–Crippen LogP) is 7.37. The summed E-state index contributed by atoms with van der Waals surface area (Å²) in [5, 5.41) is 0. The average molecular weight is 430 g/mol. The Morgan fingerprint density at radius 3 is 2.58 bits per heavy atom. The number of rotatable bonds is 8. The van der Waals surface area contributed by atoms with Crippen LogP contribution in [0, 0.1) is 46.3 Å². The average Bonchev–Trinajstić information content (AvgIpc) is 3.09. The summed E-state index contributed by atoms with van der Waals surface area (Å²) in [5.41, 5.74) is 8.46. The van der Waals surface area contributed by atoms with E-state index in [4.69, 9.17) is 10.5 Å². The topological polar surface area (TPSA) is 35.2 Å². The zero-order valence-electron chi connectivity index (χ0n) is 21.3. The molecule has 3 fully saturated rings. The van der Waals surface area contributed by atoms with Crippen molar-refractivity contribution in [2.24, 2.45) is 52.1 Å². The Balaban J connectivity index is 1.45. The quantitative estimate of drug-likeness (QED) is 0.409. The Morgan fingerprint density at radius 2 is 1.84 bits per heavy atom. The highest BCUT2D eigenvalue weighted by Gasteiger charge is 2.59. The van der Waals surface area contributed by atoms with Gasteiger partial charge in [-0.05, 0) is 97.7 Å². The second kappa shape index (κ2) is 9.49. The maximum atomic E-state index is 6.07. The van der Waals surface area contributed by atoms with Crippen molar-refractivity contribution >= 4 is 0 Å². The zero-order valence-corrected chi connectivity index (χ0v) is 21.3. The molecule has 2 nitrogen and oxygen atoms in total. The number of allylic oxidation sites excluding steroid dienone is 1. The number of ether oxygens (including phenoxy) is 1. The molecule has 0 aliphatic heterocycles. The third kappa shape index (κ3) is 4.42. The molecule has 4 aliphatic carbocycles. The van der Waals surface area contributed by atoms with Crippen molar-refractivity contribution in [1.29, 1.82) is 0 Å². The van der Waals surface area contributed by atoms with E-state index in [2.05, 4.69) is 40.7 Å². The maximum absolute atomic E-state index is 6.07. The van der Waals surface area contributed by atoms with Crippen molar-refractivity contribution < 1.29 is 4.74 Å². The molecule has 2 heteroatoms. The Hall–Kier alpha value is -0.340. The SMILES string of the molecule is CC(C)CCC[C@@H](C)C1CCC2C3CC=C4C[C@@H](OCCN)CC[C@]4(C)C3CC[C@@]21C. The Morgan fingerprint density at radius 1 is 1.03 bits per heavy atom. The van der Waals surface area contributed by atoms with Crippen LogP contribution in [-0.4, -0.2) is 19.3 Å². The number of hydrogen-bond acceptors (Lipinski definition) is 2. The van der Waals surface area contributed by atoms with Crippen LogP contribution in [0.1, 0.15) is 105 Å². The van der Waals surface area contributed by atoms with Crippen LogP contribution in [0.4, 0.5) is 0 Å². The van der Waals surface area contributed by atoms with Crippen LogP contribution in [0.5, 0.6) is 0 Å². The van der Waals surface area contributed by atoms with Crippen molar-refractivity contribution in [3.8, 4) is 0 Å². The Labute approximate surface area is 193 Å². The van der Waals surface area contributed by atoms with Gasteiger partial charge in [0.15, 0.2) is 0 Å². The van der Waals surface area contributed by atoms with E-state index in [0.717, 1.165) is 48.5 Å². The van der Waals surface area contributed by atoms with Crippen molar-refractivity contribution in [2.75, 3.05) is 13.2 Å². The number of fused-ring (bicyclic) bond motifs is 5. The second-order valence-electron chi connectivity index (χ2n) is 12.8. The molecule has 4 aliphatic rings.